The molecular weight excluding hydrogens is 348 g/mol. The van der Waals surface area contributed by atoms with Crippen molar-refractivity contribution in [2.24, 2.45) is 0 Å². The standard InChI is InChI=1S/C20H22N2O3S/c23-18-13-26-20(22(18)12-17-6-3-11-25-17)15-9-7-14(8-10-15)19(24)21-16-4-1-2-5-16/h3,6-11,16,20H,1-2,4-5,12-13H2,(H,21,24)/t20-/m0/s1. The van der Waals surface area contributed by atoms with Crippen LogP contribution in [0.25, 0.3) is 0 Å². The van der Waals surface area contributed by atoms with E-state index < -0.39 is 0 Å². The van der Waals surface area contributed by atoms with Gasteiger partial charge in [-0.3, -0.25) is 9.59 Å². The molecule has 2 fully saturated rings. The number of amides is 2. The lowest BCUT2D eigenvalue weighted by molar-refractivity contribution is -0.128. The lowest BCUT2D eigenvalue weighted by atomic mass is 10.1. The molecule has 0 radical (unpaired) electrons. The molecule has 0 bridgehead atoms. The highest BCUT2D eigenvalue weighted by Crippen LogP contribution is 2.39. The van der Waals surface area contributed by atoms with Gasteiger partial charge in [0.2, 0.25) is 5.91 Å². The van der Waals surface area contributed by atoms with Crippen LogP contribution in [-0.2, 0) is 11.3 Å². The van der Waals surface area contributed by atoms with Gasteiger partial charge in [-0.25, -0.2) is 0 Å². The summed E-state index contributed by atoms with van der Waals surface area (Å²) in [5, 5.41) is 3.07. The number of carbonyl (C=O) groups excluding carboxylic acids is 2. The molecule has 5 nitrogen and oxygen atoms in total. The first-order valence-corrected chi connectivity index (χ1v) is 10.1. The zero-order chi connectivity index (χ0) is 17.9. The van der Waals surface area contributed by atoms with Crippen molar-refractivity contribution in [3.63, 3.8) is 0 Å². The lowest BCUT2D eigenvalue weighted by Gasteiger charge is -2.23. The Morgan fingerprint density at radius 3 is 2.65 bits per heavy atom. The van der Waals surface area contributed by atoms with Crippen molar-refractivity contribution in [2.75, 3.05) is 5.75 Å². The number of hydrogen-bond acceptors (Lipinski definition) is 4. The van der Waals surface area contributed by atoms with Crippen LogP contribution in [0.4, 0.5) is 0 Å². The highest BCUT2D eigenvalue weighted by Gasteiger charge is 2.33. The van der Waals surface area contributed by atoms with E-state index in [2.05, 4.69) is 5.32 Å². The fourth-order valence-corrected chi connectivity index (χ4v) is 4.80. The number of thioether (sulfide) groups is 1. The normalized spacial score (nSPS) is 20.7. The van der Waals surface area contributed by atoms with Gasteiger partial charge in [0, 0.05) is 11.6 Å². The van der Waals surface area contributed by atoms with Gasteiger partial charge in [-0.15, -0.1) is 11.8 Å². The van der Waals surface area contributed by atoms with Crippen molar-refractivity contribution >= 4 is 23.6 Å². The maximum absolute atomic E-state index is 12.4. The molecule has 2 aliphatic rings. The minimum atomic E-state index is -0.0421. The quantitative estimate of drug-likeness (QED) is 0.871. The molecule has 26 heavy (non-hydrogen) atoms. The molecule has 1 aromatic heterocycles. The molecule has 1 aliphatic carbocycles. The molecular formula is C20H22N2O3S. The Balaban J connectivity index is 1.45. The molecule has 136 valence electrons. The number of nitrogens with one attached hydrogen (secondary N) is 1. The van der Waals surface area contributed by atoms with Crippen LogP contribution in [0.1, 0.15) is 52.7 Å². The number of benzene rings is 1. The molecule has 2 heterocycles. The number of nitrogens with zero attached hydrogens (tertiary/aromatic N) is 1. The van der Waals surface area contributed by atoms with Crippen LogP contribution in [0.5, 0.6) is 0 Å². The van der Waals surface area contributed by atoms with Gasteiger partial charge in [-0.05, 0) is 42.7 Å². The average molecular weight is 370 g/mol. The monoisotopic (exact) mass is 370 g/mol. The molecule has 1 atom stereocenters. The summed E-state index contributed by atoms with van der Waals surface area (Å²) in [6, 6.07) is 11.6. The van der Waals surface area contributed by atoms with Gasteiger partial charge < -0.3 is 14.6 Å². The Bertz CT molecular complexity index is 767. The van der Waals surface area contributed by atoms with Crippen LogP contribution >= 0.6 is 11.8 Å². The minimum absolute atomic E-state index is 0.00829. The first-order chi connectivity index (χ1) is 12.7. The first-order valence-electron chi connectivity index (χ1n) is 9.05. The van der Waals surface area contributed by atoms with E-state index in [9.17, 15) is 9.59 Å². The van der Waals surface area contributed by atoms with Crippen LogP contribution in [0.2, 0.25) is 0 Å². The van der Waals surface area contributed by atoms with E-state index >= 15 is 0 Å². The van der Waals surface area contributed by atoms with Crippen LogP contribution in [0.15, 0.2) is 47.1 Å². The molecule has 6 heteroatoms. The van der Waals surface area contributed by atoms with E-state index in [4.69, 9.17) is 4.42 Å². The van der Waals surface area contributed by atoms with Crippen LogP contribution in [0, 0.1) is 0 Å². The van der Waals surface area contributed by atoms with E-state index in [1.807, 2.05) is 41.3 Å². The number of furan rings is 1. The Kier molecular flexibility index (Phi) is 5.02. The summed E-state index contributed by atoms with van der Waals surface area (Å²) < 4.78 is 5.39. The number of rotatable bonds is 5. The molecule has 1 N–H and O–H groups in total. The van der Waals surface area contributed by atoms with Gasteiger partial charge in [0.25, 0.3) is 5.91 Å². The van der Waals surface area contributed by atoms with E-state index in [1.54, 1.807) is 18.0 Å². The number of carbonyl (C=O) groups is 2. The number of hydrogen-bond donors (Lipinski definition) is 1. The molecule has 1 aromatic carbocycles. The van der Waals surface area contributed by atoms with Crippen LogP contribution < -0.4 is 5.32 Å². The van der Waals surface area contributed by atoms with Gasteiger partial charge in [0.1, 0.15) is 11.1 Å². The summed E-state index contributed by atoms with van der Waals surface area (Å²) in [5.41, 5.74) is 1.71. The molecule has 0 unspecified atom stereocenters. The maximum Gasteiger partial charge on any atom is 0.251 e. The zero-order valence-electron chi connectivity index (χ0n) is 14.5. The highest BCUT2D eigenvalue weighted by molar-refractivity contribution is 8.00. The minimum Gasteiger partial charge on any atom is -0.467 e. The van der Waals surface area contributed by atoms with E-state index in [0.717, 1.165) is 24.2 Å². The SMILES string of the molecule is O=C(NC1CCCC1)c1ccc([C@@H]2SCC(=O)N2Cc2ccco2)cc1. The maximum atomic E-state index is 12.4. The Labute approximate surface area is 157 Å². The second-order valence-electron chi connectivity index (χ2n) is 6.84. The summed E-state index contributed by atoms with van der Waals surface area (Å²) in [4.78, 5) is 26.5. The summed E-state index contributed by atoms with van der Waals surface area (Å²) in [7, 11) is 0. The second kappa shape index (κ2) is 7.58. The largest absolute Gasteiger partial charge is 0.467 e. The Morgan fingerprint density at radius 2 is 1.96 bits per heavy atom. The summed E-state index contributed by atoms with van der Waals surface area (Å²) >= 11 is 1.61. The van der Waals surface area contributed by atoms with E-state index in [-0.39, 0.29) is 17.2 Å². The van der Waals surface area contributed by atoms with E-state index in [1.165, 1.54) is 12.8 Å². The summed E-state index contributed by atoms with van der Waals surface area (Å²) in [5.74, 6) is 1.35. The zero-order valence-corrected chi connectivity index (χ0v) is 15.3. The third-order valence-electron chi connectivity index (χ3n) is 5.02. The van der Waals surface area contributed by atoms with Gasteiger partial charge in [0.15, 0.2) is 0 Å². The van der Waals surface area contributed by atoms with Crippen LogP contribution in [-0.4, -0.2) is 28.5 Å². The van der Waals surface area contributed by atoms with Gasteiger partial charge in [-0.1, -0.05) is 25.0 Å². The first kappa shape index (κ1) is 17.2. The Hall–Kier alpha value is -2.21. The van der Waals surface area contributed by atoms with Crippen LogP contribution in [0.3, 0.4) is 0 Å². The molecule has 1 aliphatic heterocycles. The van der Waals surface area contributed by atoms with E-state index in [0.29, 0.717) is 23.9 Å². The third-order valence-corrected chi connectivity index (χ3v) is 6.28. The average Bonchev–Trinajstić information content (AvgIpc) is 3.40. The molecule has 2 aromatic rings. The summed E-state index contributed by atoms with van der Waals surface area (Å²) in [6.07, 6.45) is 6.17. The van der Waals surface area contributed by atoms with Gasteiger partial charge >= 0.3 is 0 Å². The van der Waals surface area contributed by atoms with Crippen molar-refractivity contribution in [1.82, 2.24) is 10.2 Å². The second-order valence-corrected chi connectivity index (χ2v) is 7.91. The fourth-order valence-electron chi connectivity index (χ4n) is 3.61. The molecule has 0 spiro atoms. The Morgan fingerprint density at radius 1 is 1.19 bits per heavy atom. The lowest BCUT2D eigenvalue weighted by Crippen LogP contribution is -2.32. The predicted octanol–water partition coefficient (Wildman–Crippen LogP) is 3.73. The molecule has 2 amide bonds. The fraction of sp³-hybridized carbons (Fsp3) is 0.400. The molecule has 1 saturated heterocycles. The molecule has 1 saturated carbocycles. The third kappa shape index (κ3) is 3.65. The van der Waals surface area contributed by atoms with Crippen molar-refractivity contribution in [1.29, 1.82) is 0 Å². The van der Waals surface area contributed by atoms with Gasteiger partial charge in [-0.2, -0.15) is 0 Å². The highest BCUT2D eigenvalue weighted by atomic mass is 32.2. The summed E-state index contributed by atoms with van der Waals surface area (Å²) in [6.45, 7) is 0.466. The predicted molar refractivity (Wildman–Crippen MR) is 101 cm³/mol. The van der Waals surface area contributed by atoms with Crippen molar-refractivity contribution in [3.8, 4) is 0 Å². The van der Waals surface area contributed by atoms with Crippen molar-refractivity contribution in [3.05, 3.63) is 59.5 Å². The van der Waals surface area contributed by atoms with Crippen molar-refractivity contribution in [2.45, 2.75) is 43.6 Å². The smallest absolute Gasteiger partial charge is 0.251 e. The van der Waals surface area contributed by atoms with Crippen molar-refractivity contribution < 1.29 is 14.0 Å². The molecule has 4 rings (SSSR count). The topological polar surface area (TPSA) is 62.6 Å². The van der Waals surface area contributed by atoms with Gasteiger partial charge in [0.05, 0.1) is 18.6 Å².